The normalized spacial score (nSPS) is 19.8. The van der Waals surface area contributed by atoms with Crippen molar-refractivity contribution in [3.05, 3.63) is 52.1 Å². The van der Waals surface area contributed by atoms with Crippen molar-refractivity contribution in [2.24, 2.45) is 0 Å². The van der Waals surface area contributed by atoms with E-state index in [1.165, 1.54) is 0 Å². The van der Waals surface area contributed by atoms with Gasteiger partial charge in [0, 0.05) is 44.7 Å². The first-order valence-electron chi connectivity index (χ1n) is 11.6. The van der Waals surface area contributed by atoms with Crippen molar-refractivity contribution in [1.82, 2.24) is 10.2 Å². The van der Waals surface area contributed by atoms with Gasteiger partial charge in [0.2, 0.25) is 11.8 Å². The number of hydrogen-bond donors (Lipinski definition) is 3. The maximum Gasteiger partial charge on any atom is 0.247 e. The predicted molar refractivity (Wildman–Crippen MR) is 138 cm³/mol. The van der Waals surface area contributed by atoms with Crippen molar-refractivity contribution in [2.75, 3.05) is 32.9 Å². The number of carbonyl (C=O) groups excluding carboxylic acids is 2. The van der Waals surface area contributed by atoms with Gasteiger partial charge in [-0.1, -0.05) is 18.2 Å². The molecule has 0 aliphatic heterocycles. The molecule has 0 unspecified atom stereocenters. The topological polar surface area (TPSA) is 108 Å². The standard InChI is InChI=1S/C25H35IN2O6/c1-3-5-11-23(30)28(13-8-15-33-4-2)20-16-18(25(32)27-12-14-29)17-22(24(20)31)34-21-10-7-6-9-19(21)26/h3,6-7,9-10,17,20,22,24,29,31H,1,4-5,8,11-16H2,2H3,(H,27,32)/t20-,22+,24+/m1/s1. The summed E-state index contributed by atoms with van der Waals surface area (Å²) in [6.45, 7) is 7.00. The number of para-hydroxylation sites is 1. The van der Waals surface area contributed by atoms with Gasteiger partial charge in [-0.05, 0) is 60.6 Å². The number of halogens is 1. The molecule has 0 heterocycles. The summed E-state index contributed by atoms with van der Waals surface area (Å²) in [7, 11) is 0. The van der Waals surface area contributed by atoms with Crippen molar-refractivity contribution >= 4 is 34.4 Å². The van der Waals surface area contributed by atoms with Crippen molar-refractivity contribution in [3.8, 4) is 5.75 Å². The molecule has 3 N–H and O–H groups in total. The SMILES string of the molecule is C=CCCC(=O)N(CCCOCC)[C@@H]1CC(C(=O)NCCO)=C[C@H](Oc2ccccc2I)[C@H]1O. The van der Waals surface area contributed by atoms with E-state index in [1.54, 1.807) is 23.1 Å². The van der Waals surface area contributed by atoms with Crippen molar-refractivity contribution in [1.29, 1.82) is 0 Å². The summed E-state index contributed by atoms with van der Waals surface area (Å²) >= 11 is 2.15. The monoisotopic (exact) mass is 586 g/mol. The summed E-state index contributed by atoms with van der Waals surface area (Å²) < 4.78 is 12.4. The lowest BCUT2D eigenvalue weighted by atomic mass is 9.87. The van der Waals surface area contributed by atoms with Crippen LogP contribution < -0.4 is 10.1 Å². The number of aliphatic hydroxyl groups excluding tert-OH is 2. The summed E-state index contributed by atoms with van der Waals surface area (Å²) in [4.78, 5) is 27.5. The van der Waals surface area contributed by atoms with Gasteiger partial charge in [-0.15, -0.1) is 6.58 Å². The molecule has 2 rings (SSSR count). The van der Waals surface area contributed by atoms with Gasteiger partial charge in [-0.3, -0.25) is 9.59 Å². The molecular formula is C25H35IN2O6. The molecule has 3 atom stereocenters. The van der Waals surface area contributed by atoms with Crippen LogP contribution in [-0.2, 0) is 14.3 Å². The largest absolute Gasteiger partial charge is 0.482 e. The molecule has 0 fully saturated rings. The summed E-state index contributed by atoms with van der Waals surface area (Å²) in [6.07, 6.45) is 3.00. The number of allylic oxidation sites excluding steroid dienone is 1. The summed E-state index contributed by atoms with van der Waals surface area (Å²) in [6, 6.07) is 6.76. The molecule has 1 aliphatic carbocycles. The van der Waals surface area contributed by atoms with Crippen molar-refractivity contribution in [3.63, 3.8) is 0 Å². The van der Waals surface area contributed by atoms with Gasteiger partial charge in [-0.2, -0.15) is 0 Å². The highest BCUT2D eigenvalue weighted by Gasteiger charge is 2.40. The van der Waals surface area contributed by atoms with Crippen LogP contribution in [0.4, 0.5) is 0 Å². The van der Waals surface area contributed by atoms with Crippen LogP contribution in [0, 0.1) is 3.57 Å². The molecular weight excluding hydrogens is 551 g/mol. The molecule has 9 heteroatoms. The Morgan fingerprint density at radius 3 is 2.79 bits per heavy atom. The second-order valence-electron chi connectivity index (χ2n) is 7.91. The van der Waals surface area contributed by atoms with Crippen LogP contribution in [0.1, 0.15) is 32.6 Å². The van der Waals surface area contributed by atoms with Crippen LogP contribution in [0.2, 0.25) is 0 Å². The summed E-state index contributed by atoms with van der Waals surface area (Å²) in [5.74, 6) is 0.112. The van der Waals surface area contributed by atoms with E-state index in [0.717, 1.165) is 3.57 Å². The van der Waals surface area contributed by atoms with Gasteiger partial charge in [0.25, 0.3) is 0 Å². The van der Waals surface area contributed by atoms with E-state index in [-0.39, 0.29) is 37.8 Å². The molecule has 8 nitrogen and oxygen atoms in total. The molecule has 0 radical (unpaired) electrons. The zero-order valence-corrected chi connectivity index (χ0v) is 21.8. The summed E-state index contributed by atoms with van der Waals surface area (Å²) in [5, 5.41) is 23.1. The molecule has 0 aromatic heterocycles. The van der Waals surface area contributed by atoms with E-state index in [2.05, 4.69) is 34.5 Å². The van der Waals surface area contributed by atoms with Crippen LogP contribution >= 0.6 is 22.6 Å². The van der Waals surface area contributed by atoms with E-state index in [0.29, 0.717) is 43.9 Å². The minimum absolute atomic E-state index is 0.113. The van der Waals surface area contributed by atoms with Crippen LogP contribution in [0.15, 0.2) is 48.6 Å². The van der Waals surface area contributed by atoms with Gasteiger partial charge in [-0.25, -0.2) is 0 Å². The number of carbonyl (C=O) groups is 2. The minimum atomic E-state index is -1.04. The first kappa shape index (κ1) is 28.3. The highest BCUT2D eigenvalue weighted by molar-refractivity contribution is 14.1. The van der Waals surface area contributed by atoms with E-state index in [1.807, 2.05) is 25.1 Å². The molecule has 1 aromatic rings. The third kappa shape index (κ3) is 8.37. The lowest BCUT2D eigenvalue weighted by Crippen LogP contribution is -2.55. The third-order valence-electron chi connectivity index (χ3n) is 5.49. The fraction of sp³-hybridized carbons (Fsp3) is 0.520. The van der Waals surface area contributed by atoms with Crippen LogP contribution in [0.5, 0.6) is 5.75 Å². The molecule has 188 valence electrons. The summed E-state index contributed by atoms with van der Waals surface area (Å²) in [5.41, 5.74) is 0.408. The molecule has 0 spiro atoms. The quantitative estimate of drug-likeness (QED) is 0.176. The molecule has 34 heavy (non-hydrogen) atoms. The van der Waals surface area contributed by atoms with Crippen LogP contribution in [0.3, 0.4) is 0 Å². The third-order valence-corrected chi connectivity index (χ3v) is 6.38. The van der Waals surface area contributed by atoms with Gasteiger partial charge in [0.1, 0.15) is 18.0 Å². The average Bonchev–Trinajstić information content (AvgIpc) is 2.84. The fourth-order valence-electron chi connectivity index (χ4n) is 3.79. The molecule has 0 saturated heterocycles. The zero-order chi connectivity index (χ0) is 24.9. The number of nitrogens with one attached hydrogen (secondary N) is 1. The van der Waals surface area contributed by atoms with Gasteiger partial charge in [0.05, 0.1) is 16.2 Å². The molecule has 1 aromatic carbocycles. The number of ether oxygens (including phenoxy) is 2. The van der Waals surface area contributed by atoms with Gasteiger partial charge in [0.15, 0.2) is 0 Å². The van der Waals surface area contributed by atoms with Crippen molar-refractivity contribution < 1.29 is 29.3 Å². The maximum atomic E-state index is 13.1. The lowest BCUT2D eigenvalue weighted by Gasteiger charge is -2.40. The molecule has 1 aliphatic rings. The molecule has 0 saturated carbocycles. The van der Waals surface area contributed by atoms with Crippen LogP contribution in [-0.4, -0.2) is 78.1 Å². The lowest BCUT2D eigenvalue weighted by molar-refractivity contribution is -0.138. The number of amides is 2. The highest BCUT2D eigenvalue weighted by Crippen LogP contribution is 2.30. The van der Waals surface area contributed by atoms with Crippen molar-refractivity contribution in [2.45, 2.75) is 50.9 Å². The average molecular weight is 586 g/mol. The van der Waals surface area contributed by atoms with E-state index in [9.17, 15) is 14.7 Å². The van der Waals surface area contributed by atoms with Crippen LogP contribution in [0.25, 0.3) is 0 Å². The Kier molecular flexibility index (Phi) is 12.6. The van der Waals surface area contributed by atoms with E-state index >= 15 is 0 Å². The van der Waals surface area contributed by atoms with E-state index in [4.69, 9.17) is 14.6 Å². The Labute approximate surface area is 215 Å². The second-order valence-corrected chi connectivity index (χ2v) is 9.07. The number of benzene rings is 1. The first-order valence-corrected chi connectivity index (χ1v) is 12.7. The zero-order valence-electron chi connectivity index (χ0n) is 19.6. The Hall–Kier alpha value is -1.95. The van der Waals surface area contributed by atoms with Gasteiger partial charge < -0.3 is 29.9 Å². The number of rotatable bonds is 14. The Balaban J connectivity index is 2.34. The molecule has 2 amide bonds. The Bertz CT molecular complexity index is 846. The Morgan fingerprint density at radius 2 is 2.12 bits per heavy atom. The fourth-order valence-corrected chi connectivity index (χ4v) is 4.31. The first-order chi connectivity index (χ1) is 16.4. The molecule has 0 bridgehead atoms. The second kappa shape index (κ2) is 15.1. The maximum absolute atomic E-state index is 13.1. The minimum Gasteiger partial charge on any atom is -0.482 e. The number of hydrogen-bond acceptors (Lipinski definition) is 6. The Morgan fingerprint density at radius 1 is 1.35 bits per heavy atom. The van der Waals surface area contributed by atoms with Gasteiger partial charge >= 0.3 is 0 Å². The highest BCUT2D eigenvalue weighted by atomic mass is 127. The number of nitrogens with zero attached hydrogens (tertiary/aromatic N) is 1. The number of aliphatic hydroxyl groups is 2. The predicted octanol–water partition coefficient (Wildman–Crippen LogP) is 2.43. The van der Waals surface area contributed by atoms with E-state index < -0.39 is 18.2 Å². The smallest absolute Gasteiger partial charge is 0.247 e.